The molecule has 0 N–H and O–H groups in total. The lowest BCUT2D eigenvalue weighted by molar-refractivity contribution is 0.357. The average molecular weight is 288 g/mol. The summed E-state index contributed by atoms with van der Waals surface area (Å²) in [7, 11) is -0.580. The molecule has 1 saturated heterocycles. The SMILES string of the molecule is O=S1C2C=C(CCc3ccc4c(c3)CCO4)CC1CC2. The van der Waals surface area contributed by atoms with E-state index in [-0.39, 0.29) is 0 Å². The molecule has 2 nitrogen and oxygen atoms in total. The molecule has 3 atom stereocenters. The fraction of sp³-hybridized carbons (Fsp3) is 0.529. The van der Waals surface area contributed by atoms with Crippen molar-refractivity contribution >= 4 is 10.8 Å². The Morgan fingerprint density at radius 1 is 1.25 bits per heavy atom. The number of fused-ring (bicyclic) bond motifs is 3. The molecule has 1 aromatic rings. The van der Waals surface area contributed by atoms with Gasteiger partial charge in [-0.1, -0.05) is 23.8 Å². The first-order chi connectivity index (χ1) is 9.79. The van der Waals surface area contributed by atoms with E-state index in [0.717, 1.165) is 50.9 Å². The second kappa shape index (κ2) is 5.03. The number of hydrogen-bond acceptors (Lipinski definition) is 2. The zero-order valence-corrected chi connectivity index (χ0v) is 12.5. The van der Waals surface area contributed by atoms with Crippen LogP contribution in [0.2, 0.25) is 0 Å². The van der Waals surface area contributed by atoms with Crippen LogP contribution in [-0.4, -0.2) is 21.3 Å². The third-order valence-electron chi connectivity index (χ3n) is 4.80. The molecule has 3 heteroatoms. The Hall–Kier alpha value is -1.09. The monoisotopic (exact) mass is 288 g/mol. The Labute approximate surface area is 122 Å². The average Bonchev–Trinajstić information content (AvgIpc) is 2.98. The predicted octanol–water partition coefficient (Wildman–Crippen LogP) is 3.16. The van der Waals surface area contributed by atoms with Crippen LogP contribution in [0.3, 0.4) is 0 Å². The van der Waals surface area contributed by atoms with Crippen LogP contribution in [0.5, 0.6) is 5.75 Å². The molecular weight excluding hydrogens is 268 g/mol. The van der Waals surface area contributed by atoms with Gasteiger partial charge in [0.2, 0.25) is 0 Å². The van der Waals surface area contributed by atoms with Crippen molar-refractivity contribution in [3.05, 3.63) is 41.0 Å². The van der Waals surface area contributed by atoms with Crippen molar-refractivity contribution in [3.63, 3.8) is 0 Å². The predicted molar refractivity (Wildman–Crippen MR) is 81.6 cm³/mol. The van der Waals surface area contributed by atoms with Crippen LogP contribution in [0.15, 0.2) is 29.8 Å². The summed E-state index contributed by atoms with van der Waals surface area (Å²) in [4.78, 5) is 0. The van der Waals surface area contributed by atoms with Crippen LogP contribution in [-0.2, 0) is 23.6 Å². The van der Waals surface area contributed by atoms with Crippen molar-refractivity contribution in [1.29, 1.82) is 0 Å². The number of rotatable bonds is 3. The third-order valence-corrected chi connectivity index (χ3v) is 6.83. The van der Waals surface area contributed by atoms with E-state index in [1.807, 2.05) is 0 Å². The van der Waals surface area contributed by atoms with Gasteiger partial charge in [-0.3, -0.25) is 4.21 Å². The molecule has 0 spiro atoms. The summed E-state index contributed by atoms with van der Waals surface area (Å²) in [5.41, 5.74) is 4.31. The van der Waals surface area contributed by atoms with Gasteiger partial charge in [-0.15, -0.1) is 0 Å². The van der Waals surface area contributed by atoms with Crippen LogP contribution in [0.4, 0.5) is 0 Å². The second-order valence-electron chi connectivity index (χ2n) is 6.14. The van der Waals surface area contributed by atoms with Gasteiger partial charge in [-0.2, -0.15) is 0 Å². The first-order valence-electron chi connectivity index (χ1n) is 7.63. The molecule has 2 bridgehead atoms. The van der Waals surface area contributed by atoms with E-state index in [0.29, 0.717) is 10.5 Å². The van der Waals surface area contributed by atoms with Crippen LogP contribution >= 0.6 is 0 Å². The summed E-state index contributed by atoms with van der Waals surface area (Å²) in [5.74, 6) is 1.07. The minimum Gasteiger partial charge on any atom is -0.493 e. The molecule has 3 heterocycles. The summed E-state index contributed by atoms with van der Waals surface area (Å²) in [5, 5.41) is 0.811. The maximum Gasteiger partial charge on any atom is 0.122 e. The van der Waals surface area contributed by atoms with Crippen LogP contribution in [0, 0.1) is 0 Å². The fourth-order valence-corrected chi connectivity index (χ4v) is 5.61. The molecular formula is C17H20O2S. The molecule has 3 unspecified atom stereocenters. The van der Waals surface area contributed by atoms with E-state index >= 15 is 0 Å². The van der Waals surface area contributed by atoms with E-state index in [1.165, 1.54) is 16.7 Å². The summed E-state index contributed by atoms with van der Waals surface area (Å²) in [6.07, 6.45) is 8.96. The molecule has 0 amide bonds. The van der Waals surface area contributed by atoms with E-state index in [9.17, 15) is 4.21 Å². The Kier molecular flexibility index (Phi) is 3.18. The lowest BCUT2D eigenvalue weighted by Gasteiger charge is -2.19. The lowest BCUT2D eigenvalue weighted by atomic mass is 9.99. The maximum absolute atomic E-state index is 12.0. The number of hydrogen-bond donors (Lipinski definition) is 0. The van der Waals surface area contributed by atoms with Gasteiger partial charge >= 0.3 is 0 Å². The van der Waals surface area contributed by atoms with E-state index in [1.54, 1.807) is 0 Å². The van der Waals surface area contributed by atoms with Crippen LogP contribution in [0.1, 0.15) is 36.8 Å². The molecule has 106 valence electrons. The first-order valence-corrected chi connectivity index (χ1v) is 8.91. The Morgan fingerprint density at radius 3 is 3.10 bits per heavy atom. The van der Waals surface area contributed by atoms with Gasteiger partial charge in [-0.25, -0.2) is 0 Å². The molecule has 1 aromatic carbocycles. The van der Waals surface area contributed by atoms with Gasteiger partial charge in [0.05, 0.1) is 11.9 Å². The number of allylic oxidation sites excluding steroid dienone is 1. The Bertz CT molecular complexity index is 591. The van der Waals surface area contributed by atoms with Crippen molar-refractivity contribution in [3.8, 4) is 5.75 Å². The second-order valence-corrected chi connectivity index (χ2v) is 8.07. The highest BCUT2D eigenvalue weighted by atomic mass is 32.2. The minimum absolute atomic E-state index is 0.358. The summed E-state index contributed by atoms with van der Waals surface area (Å²) >= 11 is 0. The molecule has 3 aliphatic heterocycles. The van der Waals surface area contributed by atoms with Crippen LogP contribution in [0.25, 0.3) is 0 Å². The quantitative estimate of drug-likeness (QED) is 0.799. The largest absolute Gasteiger partial charge is 0.493 e. The van der Waals surface area contributed by atoms with Gasteiger partial charge in [-0.05, 0) is 49.3 Å². The molecule has 3 aliphatic rings. The van der Waals surface area contributed by atoms with Crippen molar-refractivity contribution in [1.82, 2.24) is 0 Å². The van der Waals surface area contributed by atoms with E-state index in [4.69, 9.17) is 4.74 Å². The zero-order chi connectivity index (χ0) is 13.5. The number of aryl methyl sites for hydroxylation is 1. The third kappa shape index (κ3) is 2.22. The highest BCUT2D eigenvalue weighted by molar-refractivity contribution is 7.86. The molecule has 0 aliphatic carbocycles. The van der Waals surface area contributed by atoms with Gasteiger partial charge < -0.3 is 4.74 Å². The number of benzene rings is 1. The van der Waals surface area contributed by atoms with Gasteiger partial charge in [0.1, 0.15) is 5.75 Å². The van der Waals surface area contributed by atoms with Crippen molar-refractivity contribution in [2.45, 2.75) is 49.0 Å². The molecule has 4 rings (SSSR count). The normalized spacial score (nSPS) is 30.8. The minimum atomic E-state index is -0.580. The van der Waals surface area contributed by atoms with E-state index < -0.39 is 10.8 Å². The van der Waals surface area contributed by atoms with Gasteiger partial charge in [0.15, 0.2) is 0 Å². The summed E-state index contributed by atoms with van der Waals surface area (Å²) in [6, 6.07) is 6.62. The zero-order valence-electron chi connectivity index (χ0n) is 11.6. The lowest BCUT2D eigenvalue weighted by Crippen LogP contribution is -2.20. The molecule has 0 aromatic heterocycles. The van der Waals surface area contributed by atoms with Crippen molar-refractivity contribution in [2.24, 2.45) is 0 Å². The fourth-order valence-electron chi connectivity index (χ4n) is 3.67. The van der Waals surface area contributed by atoms with E-state index in [2.05, 4.69) is 24.3 Å². The summed E-state index contributed by atoms with van der Waals surface area (Å²) in [6.45, 7) is 0.832. The molecule has 20 heavy (non-hydrogen) atoms. The molecule has 0 radical (unpaired) electrons. The topological polar surface area (TPSA) is 26.3 Å². The van der Waals surface area contributed by atoms with Gasteiger partial charge in [0, 0.05) is 22.5 Å². The number of ether oxygens (including phenoxy) is 1. The standard InChI is InChI=1S/C17H20O2S/c18-20-15-4-5-16(20)11-13(10-15)2-1-12-3-6-17-14(9-12)7-8-19-17/h3,6,9-10,15-16H,1-2,4-5,7-8,11H2. The van der Waals surface area contributed by atoms with Gasteiger partial charge in [0.25, 0.3) is 0 Å². The first kappa shape index (κ1) is 12.6. The molecule has 0 saturated carbocycles. The van der Waals surface area contributed by atoms with Crippen molar-refractivity contribution < 1.29 is 8.95 Å². The van der Waals surface area contributed by atoms with Crippen LogP contribution < -0.4 is 4.74 Å². The highest BCUT2D eigenvalue weighted by Gasteiger charge is 2.35. The Morgan fingerprint density at radius 2 is 2.20 bits per heavy atom. The molecule has 1 fully saturated rings. The Balaban J connectivity index is 1.44. The summed E-state index contributed by atoms with van der Waals surface area (Å²) < 4.78 is 17.5. The maximum atomic E-state index is 12.0. The van der Waals surface area contributed by atoms with Crippen molar-refractivity contribution in [2.75, 3.05) is 6.61 Å². The smallest absolute Gasteiger partial charge is 0.122 e. The highest BCUT2D eigenvalue weighted by Crippen LogP contribution is 2.36.